The predicted molar refractivity (Wildman–Crippen MR) is 68.3 cm³/mol. The van der Waals surface area contributed by atoms with E-state index < -0.39 is 0 Å². The molecule has 2 fully saturated rings. The van der Waals surface area contributed by atoms with Gasteiger partial charge in [0, 0.05) is 64.2 Å². The number of hydrogen-bond acceptors (Lipinski definition) is 4. The fourth-order valence-electron chi connectivity index (χ4n) is 2.73. The van der Waals surface area contributed by atoms with E-state index in [1.807, 2.05) is 6.20 Å². The second kappa shape index (κ2) is 4.66. The maximum Gasteiger partial charge on any atom is 0.205 e. The third-order valence-corrected chi connectivity index (χ3v) is 3.85. The Hall–Kier alpha value is -1.07. The first-order valence-corrected chi connectivity index (χ1v) is 6.59. The Bertz CT molecular complexity index is 363. The van der Waals surface area contributed by atoms with Crippen LogP contribution in [0.15, 0.2) is 12.4 Å². The molecular weight excluding hydrogens is 214 g/mol. The molecule has 0 unspecified atom stereocenters. The Labute approximate surface area is 102 Å². The highest BCUT2D eigenvalue weighted by molar-refractivity contribution is 5.36. The first-order chi connectivity index (χ1) is 8.38. The molecule has 5 heteroatoms. The first-order valence-electron chi connectivity index (χ1n) is 6.59. The topological polar surface area (TPSA) is 36.3 Å². The van der Waals surface area contributed by atoms with E-state index in [0.717, 1.165) is 44.7 Å². The van der Waals surface area contributed by atoms with Gasteiger partial charge in [0.2, 0.25) is 5.95 Å². The van der Waals surface area contributed by atoms with E-state index in [-0.39, 0.29) is 0 Å². The summed E-state index contributed by atoms with van der Waals surface area (Å²) in [5.74, 6) is 1.14. The van der Waals surface area contributed by atoms with E-state index in [9.17, 15) is 0 Å². The molecule has 3 rings (SSSR count). The normalized spacial score (nSPS) is 22.8. The quantitative estimate of drug-likeness (QED) is 0.800. The Kier molecular flexibility index (Phi) is 3.03. The van der Waals surface area contributed by atoms with Crippen molar-refractivity contribution in [2.75, 3.05) is 44.2 Å². The van der Waals surface area contributed by atoms with Crippen LogP contribution in [0.25, 0.3) is 0 Å². The molecule has 17 heavy (non-hydrogen) atoms. The molecule has 1 N–H and O–H groups in total. The SMILES string of the molecule is CCn1ccnc1N1CC(N2CCNCC2)C1. The van der Waals surface area contributed by atoms with Crippen molar-refractivity contribution in [2.24, 2.45) is 0 Å². The van der Waals surface area contributed by atoms with Crippen LogP contribution in [0, 0.1) is 0 Å². The summed E-state index contributed by atoms with van der Waals surface area (Å²) in [6.45, 7) is 10.1. The smallest absolute Gasteiger partial charge is 0.205 e. The van der Waals surface area contributed by atoms with Gasteiger partial charge < -0.3 is 14.8 Å². The van der Waals surface area contributed by atoms with E-state index >= 15 is 0 Å². The maximum absolute atomic E-state index is 4.45. The van der Waals surface area contributed by atoms with E-state index in [4.69, 9.17) is 0 Å². The molecule has 0 spiro atoms. The highest BCUT2D eigenvalue weighted by Gasteiger charge is 2.34. The fourth-order valence-corrected chi connectivity index (χ4v) is 2.73. The minimum Gasteiger partial charge on any atom is -0.339 e. The number of anilines is 1. The van der Waals surface area contributed by atoms with Gasteiger partial charge in [-0.1, -0.05) is 0 Å². The van der Waals surface area contributed by atoms with Crippen molar-refractivity contribution in [1.82, 2.24) is 19.8 Å². The Balaban J connectivity index is 1.57. The zero-order valence-electron chi connectivity index (χ0n) is 10.5. The van der Waals surface area contributed by atoms with Crippen molar-refractivity contribution in [3.63, 3.8) is 0 Å². The van der Waals surface area contributed by atoms with Crippen LogP contribution in [-0.4, -0.2) is 59.8 Å². The second-order valence-corrected chi connectivity index (χ2v) is 4.86. The van der Waals surface area contributed by atoms with E-state index in [2.05, 4.69) is 37.8 Å². The van der Waals surface area contributed by atoms with Crippen LogP contribution in [-0.2, 0) is 6.54 Å². The predicted octanol–water partition coefficient (Wildman–Crippen LogP) is -0.00320. The molecule has 0 bridgehead atoms. The van der Waals surface area contributed by atoms with Crippen LogP contribution in [0.2, 0.25) is 0 Å². The number of aryl methyl sites for hydroxylation is 1. The molecule has 2 aliphatic rings. The standard InChI is InChI=1S/C12H21N5/c1-2-15-8-5-14-12(15)17-9-11(10-17)16-6-3-13-4-7-16/h5,8,11,13H,2-4,6-7,9-10H2,1H3. The minimum atomic E-state index is 0.735. The summed E-state index contributed by atoms with van der Waals surface area (Å²) < 4.78 is 2.22. The maximum atomic E-state index is 4.45. The molecule has 2 saturated heterocycles. The molecule has 2 aliphatic heterocycles. The second-order valence-electron chi connectivity index (χ2n) is 4.86. The number of nitrogens with zero attached hydrogens (tertiary/aromatic N) is 4. The lowest BCUT2D eigenvalue weighted by molar-refractivity contribution is 0.146. The molecule has 0 aliphatic carbocycles. The van der Waals surface area contributed by atoms with Crippen molar-refractivity contribution >= 4 is 5.95 Å². The van der Waals surface area contributed by atoms with Crippen LogP contribution in [0.5, 0.6) is 0 Å². The number of rotatable bonds is 3. The third-order valence-electron chi connectivity index (χ3n) is 3.85. The van der Waals surface area contributed by atoms with Gasteiger partial charge in [-0.2, -0.15) is 0 Å². The molecule has 0 saturated carbocycles. The summed E-state index contributed by atoms with van der Waals surface area (Å²) in [5.41, 5.74) is 0. The zero-order valence-corrected chi connectivity index (χ0v) is 10.5. The van der Waals surface area contributed by atoms with E-state index in [1.54, 1.807) is 0 Å². The molecule has 0 amide bonds. The third kappa shape index (κ3) is 2.05. The Morgan fingerprint density at radius 3 is 2.82 bits per heavy atom. The van der Waals surface area contributed by atoms with Crippen molar-refractivity contribution in [3.05, 3.63) is 12.4 Å². The largest absolute Gasteiger partial charge is 0.339 e. The average Bonchev–Trinajstić information content (AvgIpc) is 2.77. The lowest BCUT2D eigenvalue weighted by Crippen LogP contribution is -2.63. The van der Waals surface area contributed by atoms with Gasteiger partial charge in [-0.3, -0.25) is 4.90 Å². The van der Waals surface area contributed by atoms with E-state index in [0.29, 0.717) is 0 Å². The molecule has 0 aromatic carbocycles. The molecular formula is C12H21N5. The number of hydrogen-bond donors (Lipinski definition) is 1. The summed E-state index contributed by atoms with van der Waals surface area (Å²) in [5, 5.41) is 3.40. The number of imidazole rings is 1. The van der Waals surface area contributed by atoms with Crippen LogP contribution < -0.4 is 10.2 Å². The van der Waals surface area contributed by atoms with Gasteiger partial charge in [-0.15, -0.1) is 0 Å². The minimum absolute atomic E-state index is 0.735. The van der Waals surface area contributed by atoms with Crippen molar-refractivity contribution < 1.29 is 0 Å². The van der Waals surface area contributed by atoms with Gasteiger partial charge in [-0.05, 0) is 6.92 Å². The summed E-state index contributed by atoms with van der Waals surface area (Å²) in [7, 11) is 0. The summed E-state index contributed by atoms with van der Waals surface area (Å²) in [4.78, 5) is 9.44. The summed E-state index contributed by atoms with van der Waals surface area (Å²) in [6, 6.07) is 0.735. The lowest BCUT2D eigenvalue weighted by Gasteiger charge is -2.47. The van der Waals surface area contributed by atoms with Crippen molar-refractivity contribution in [1.29, 1.82) is 0 Å². The van der Waals surface area contributed by atoms with E-state index in [1.165, 1.54) is 13.1 Å². The monoisotopic (exact) mass is 235 g/mol. The number of nitrogens with one attached hydrogen (secondary N) is 1. The number of aromatic nitrogens is 2. The highest BCUT2D eigenvalue weighted by atomic mass is 15.4. The molecule has 1 aromatic heterocycles. The van der Waals surface area contributed by atoms with Gasteiger partial charge in [0.25, 0.3) is 0 Å². The molecule has 3 heterocycles. The summed E-state index contributed by atoms with van der Waals surface area (Å²) in [6.07, 6.45) is 3.96. The molecule has 1 aromatic rings. The fraction of sp³-hybridized carbons (Fsp3) is 0.750. The Morgan fingerprint density at radius 1 is 1.35 bits per heavy atom. The molecule has 94 valence electrons. The van der Waals surface area contributed by atoms with Crippen molar-refractivity contribution in [2.45, 2.75) is 19.5 Å². The Morgan fingerprint density at radius 2 is 2.12 bits per heavy atom. The molecule has 5 nitrogen and oxygen atoms in total. The number of piperazine rings is 1. The molecule has 0 atom stereocenters. The van der Waals surface area contributed by atoms with Gasteiger partial charge in [-0.25, -0.2) is 4.98 Å². The van der Waals surface area contributed by atoms with Gasteiger partial charge in [0.1, 0.15) is 0 Å². The van der Waals surface area contributed by atoms with Gasteiger partial charge in [0.05, 0.1) is 0 Å². The van der Waals surface area contributed by atoms with Crippen molar-refractivity contribution in [3.8, 4) is 0 Å². The summed E-state index contributed by atoms with van der Waals surface area (Å²) >= 11 is 0. The zero-order chi connectivity index (χ0) is 11.7. The van der Waals surface area contributed by atoms with Crippen LogP contribution >= 0.6 is 0 Å². The van der Waals surface area contributed by atoms with Crippen LogP contribution in [0.3, 0.4) is 0 Å². The van der Waals surface area contributed by atoms with Gasteiger partial charge in [0.15, 0.2) is 0 Å². The van der Waals surface area contributed by atoms with Crippen LogP contribution in [0.4, 0.5) is 5.95 Å². The highest BCUT2D eigenvalue weighted by Crippen LogP contribution is 2.22. The molecule has 0 radical (unpaired) electrons. The van der Waals surface area contributed by atoms with Gasteiger partial charge >= 0.3 is 0 Å². The first kappa shape index (κ1) is 11.0. The average molecular weight is 235 g/mol. The lowest BCUT2D eigenvalue weighted by atomic mass is 10.1. The van der Waals surface area contributed by atoms with Crippen LogP contribution in [0.1, 0.15) is 6.92 Å².